The molecule has 0 unspecified atom stereocenters. The van der Waals surface area contributed by atoms with Crippen LogP contribution in [-0.4, -0.2) is 16.0 Å². The number of benzene rings is 2. The fraction of sp³-hybridized carbons (Fsp3) is 0.0952. The Morgan fingerprint density at radius 1 is 1.00 bits per heavy atom. The Kier molecular flexibility index (Phi) is 4.35. The number of halogens is 2. The Balaban J connectivity index is 1.81. The van der Waals surface area contributed by atoms with Crippen molar-refractivity contribution in [1.82, 2.24) is 10.1 Å². The highest BCUT2D eigenvalue weighted by Crippen LogP contribution is 2.28. The van der Waals surface area contributed by atoms with Crippen molar-refractivity contribution in [2.45, 2.75) is 13.8 Å². The summed E-state index contributed by atoms with van der Waals surface area (Å²) in [6.07, 6.45) is 0. The molecule has 2 aromatic heterocycles. The van der Waals surface area contributed by atoms with E-state index >= 15 is 0 Å². The molecule has 0 aliphatic heterocycles. The number of carbonyl (C=O) groups excluding carboxylic acids is 1. The molecule has 0 saturated heterocycles. The van der Waals surface area contributed by atoms with Crippen LogP contribution in [0.3, 0.4) is 0 Å². The third kappa shape index (κ3) is 3.22. The minimum atomic E-state index is -0.406. The lowest BCUT2D eigenvalue weighted by molar-refractivity contribution is 0.102. The number of nitrogens with one attached hydrogen (secondary N) is 1. The molecule has 7 heteroatoms. The molecule has 0 radical (unpaired) electrons. The van der Waals surface area contributed by atoms with Crippen LogP contribution in [-0.2, 0) is 0 Å². The number of pyridine rings is 1. The number of rotatable bonds is 3. The van der Waals surface area contributed by atoms with Gasteiger partial charge in [0.05, 0.1) is 22.3 Å². The number of carbonyl (C=O) groups is 1. The van der Waals surface area contributed by atoms with E-state index in [0.29, 0.717) is 39.2 Å². The van der Waals surface area contributed by atoms with Crippen LogP contribution in [0.15, 0.2) is 53.1 Å². The molecule has 1 N–H and O–H groups in total. The van der Waals surface area contributed by atoms with E-state index in [9.17, 15) is 13.6 Å². The van der Waals surface area contributed by atoms with Gasteiger partial charge in [-0.25, -0.2) is 13.8 Å². The van der Waals surface area contributed by atoms with Crippen molar-refractivity contribution in [3.63, 3.8) is 0 Å². The maximum absolute atomic E-state index is 13.3. The quantitative estimate of drug-likeness (QED) is 0.542. The molecule has 0 fully saturated rings. The van der Waals surface area contributed by atoms with E-state index < -0.39 is 5.91 Å². The van der Waals surface area contributed by atoms with Crippen LogP contribution in [0.1, 0.15) is 21.6 Å². The average molecular weight is 379 g/mol. The molecule has 1 amide bonds. The first-order valence-electron chi connectivity index (χ1n) is 8.53. The number of amides is 1. The van der Waals surface area contributed by atoms with Gasteiger partial charge < -0.3 is 9.84 Å². The number of hydrogen-bond acceptors (Lipinski definition) is 4. The number of nitrogens with zero attached hydrogens (tertiary/aromatic N) is 2. The van der Waals surface area contributed by atoms with Crippen LogP contribution in [0.4, 0.5) is 14.5 Å². The molecule has 0 bridgehead atoms. The molecule has 4 rings (SSSR count). The van der Waals surface area contributed by atoms with Crippen molar-refractivity contribution in [2.75, 3.05) is 5.32 Å². The summed E-state index contributed by atoms with van der Waals surface area (Å²) in [5, 5.41) is 7.17. The number of anilines is 1. The maximum Gasteiger partial charge on any atom is 0.259 e. The summed E-state index contributed by atoms with van der Waals surface area (Å²) in [6.45, 7) is 3.42. The van der Waals surface area contributed by atoms with Gasteiger partial charge in [0, 0.05) is 11.3 Å². The standard InChI is InChI=1S/C21H15F2N3O2/c1-11-9-15(23)7-8-17(11)24-20(27)16-10-18(13-3-5-14(22)6-4-13)25-21-19(16)12(2)26-28-21/h3-10H,1-2H3,(H,24,27). The summed E-state index contributed by atoms with van der Waals surface area (Å²) in [6, 6.07) is 11.5. The van der Waals surface area contributed by atoms with E-state index in [4.69, 9.17) is 4.52 Å². The third-order valence-corrected chi connectivity index (χ3v) is 4.44. The van der Waals surface area contributed by atoms with Crippen LogP contribution in [0.25, 0.3) is 22.4 Å². The Morgan fingerprint density at radius 3 is 2.43 bits per heavy atom. The van der Waals surface area contributed by atoms with E-state index in [2.05, 4.69) is 15.5 Å². The molecule has 140 valence electrons. The highest BCUT2D eigenvalue weighted by molar-refractivity contribution is 6.13. The summed E-state index contributed by atoms with van der Waals surface area (Å²) in [7, 11) is 0. The fourth-order valence-electron chi connectivity index (χ4n) is 3.00. The second-order valence-electron chi connectivity index (χ2n) is 6.42. The summed E-state index contributed by atoms with van der Waals surface area (Å²) < 4.78 is 31.8. The van der Waals surface area contributed by atoms with Crippen LogP contribution in [0, 0.1) is 25.5 Å². The minimum absolute atomic E-state index is 0.209. The van der Waals surface area contributed by atoms with Crippen molar-refractivity contribution in [3.8, 4) is 11.3 Å². The van der Waals surface area contributed by atoms with E-state index in [-0.39, 0.29) is 17.3 Å². The predicted octanol–water partition coefficient (Wildman–Crippen LogP) is 5.04. The highest BCUT2D eigenvalue weighted by Gasteiger charge is 2.20. The van der Waals surface area contributed by atoms with Gasteiger partial charge in [-0.1, -0.05) is 5.16 Å². The third-order valence-electron chi connectivity index (χ3n) is 4.44. The fourth-order valence-corrected chi connectivity index (χ4v) is 3.00. The van der Waals surface area contributed by atoms with Crippen molar-refractivity contribution in [3.05, 3.63) is 77.0 Å². The van der Waals surface area contributed by atoms with Crippen LogP contribution in [0.2, 0.25) is 0 Å². The summed E-state index contributed by atoms with van der Waals surface area (Å²) in [5.74, 6) is -1.16. The zero-order valence-electron chi connectivity index (χ0n) is 15.1. The Morgan fingerprint density at radius 2 is 1.71 bits per heavy atom. The number of aromatic nitrogens is 2. The van der Waals surface area contributed by atoms with Gasteiger partial charge in [-0.15, -0.1) is 0 Å². The second kappa shape index (κ2) is 6.84. The van der Waals surface area contributed by atoms with Gasteiger partial charge in [0.25, 0.3) is 11.6 Å². The molecule has 2 heterocycles. The lowest BCUT2D eigenvalue weighted by atomic mass is 10.0. The molecule has 5 nitrogen and oxygen atoms in total. The average Bonchev–Trinajstić information content (AvgIpc) is 3.05. The lowest BCUT2D eigenvalue weighted by Crippen LogP contribution is -2.14. The summed E-state index contributed by atoms with van der Waals surface area (Å²) >= 11 is 0. The number of aryl methyl sites for hydroxylation is 2. The molecular weight excluding hydrogens is 364 g/mol. The second-order valence-corrected chi connectivity index (χ2v) is 6.42. The monoisotopic (exact) mass is 379 g/mol. The van der Waals surface area contributed by atoms with Gasteiger partial charge in [-0.3, -0.25) is 4.79 Å². The van der Waals surface area contributed by atoms with Crippen molar-refractivity contribution >= 4 is 22.7 Å². The molecule has 28 heavy (non-hydrogen) atoms. The zero-order valence-corrected chi connectivity index (χ0v) is 15.1. The van der Waals surface area contributed by atoms with Crippen molar-refractivity contribution in [2.24, 2.45) is 0 Å². The Labute approximate surface area is 159 Å². The predicted molar refractivity (Wildman–Crippen MR) is 101 cm³/mol. The van der Waals surface area contributed by atoms with Crippen molar-refractivity contribution in [1.29, 1.82) is 0 Å². The molecule has 0 saturated carbocycles. The first-order chi connectivity index (χ1) is 13.4. The smallest absolute Gasteiger partial charge is 0.259 e. The summed E-state index contributed by atoms with van der Waals surface area (Å²) in [4.78, 5) is 17.4. The van der Waals surface area contributed by atoms with E-state index in [0.717, 1.165) is 0 Å². The van der Waals surface area contributed by atoms with Gasteiger partial charge in [-0.2, -0.15) is 0 Å². The first kappa shape index (κ1) is 17.8. The molecule has 0 aliphatic rings. The molecule has 0 aliphatic carbocycles. The van der Waals surface area contributed by atoms with Gasteiger partial charge in [0.2, 0.25) is 0 Å². The highest BCUT2D eigenvalue weighted by atomic mass is 19.1. The summed E-state index contributed by atoms with van der Waals surface area (Å²) in [5.41, 5.74) is 3.21. The lowest BCUT2D eigenvalue weighted by Gasteiger charge is -2.10. The van der Waals surface area contributed by atoms with E-state index in [1.165, 1.54) is 30.3 Å². The SMILES string of the molecule is Cc1cc(F)ccc1NC(=O)c1cc(-c2ccc(F)cc2)nc2onc(C)c12. The number of fused-ring (bicyclic) bond motifs is 1. The van der Waals surface area contributed by atoms with Gasteiger partial charge in [0.1, 0.15) is 11.6 Å². The van der Waals surface area contributed by atoms with Gasteiger partial charge >= 0.3 is 0 Å². The van der Waals surface area contributed by atoms with Crippen molar-refractivity contribution < 1.29 is 18.1 Å². The Bertz CT molecular complexity index is 1200. The maximum atomic E-state index is 13.3. The topological polar surface area (TPSA) is 68.0 Å². The molecule has 2 aromatic carbocycles. The molecular formula is C21H15F2N3O2. The minimum Gasteiger partial charge on any atom is -0.335 e. The van der Waals surface area contributed by atoms with Gasteiger partial charge in [-0.05, 0) is 67.9 Å². The first-order valence-corrected chi connectivity index (χ1v) is 8.53. The van der Waals surface area contributed by atoms with Crippen LogP contribution in [0.5, 0.6) is 0 Å². The Hall–Kier alpha value is -3.61. The zero-order chi connectivity index (χ0) is 19.8. The molecule has 0 spiro atoms. The normalized spacial score (nSPS) is 11.0. The molecule has 0 atom stereocenters. The largest absolute Gasteiger partial charge is 0.335 e. The number of hydrogen-bond donors (Lipinski definition) is 1. The van der Waals surface area contributed by atoms with Crippen LogP contribution < -0.4 is 5.32 Å². The van der Waals surface area contributed by atoms with Crippen LogP contribution >= 0.6 is 0 Å². The van der Waals surface area contributed by atoms with E-state index in [1.54, 1.807) is 32.0 Å². The van der Waals surface area contributed by atoms with Gasteiger partial charge in [0.15, 0.2) is 0 Å². The van der Waals surface area contributed by atoms with E-state index in [1.807, 2.05) is 0 Å². The molecule has 4 aromatic rings.